The number of β-lactam (4-membered cyclic amide) rings is 1. The third-order valence-corrected chi connectivity index (χ3v) is 9.90. The van der Waals surface area contributed by atoms with Gasteiger partial charge in [-0.05, 0) is 50.1 Å². The fraction of sp³-hybridized carbons (Fsp3) is 0.370. The van der Waals surface area contributed by atoms with Gasteiger partial charge in [-0.1, -0.05) is 30.3 Å². The molecule has 2 saturated heterocycles. The van der Waals surface area contributed by atoms with Crippen LogP contribution in [0.15, 0.2) is 58.3 Å². The zero-order chi connectivity index (χ0) is 29.2. The Morgan fingerprint density at radius 3 is 2.30 bits per heavy atom. The van der Waals surface area contributed by atoms with E-state index in [1.165, 1.54) is 16.7 Å². The van der Waals surface area contributed by atoms with Crippen LogP contribution >= 0.6 is 35.3 Å². The molecule has 40 heavy (non-hydrogen) atoms. The van der Waals surface area contributed by atoms with E-state index in [1.807, 2.05) is 30.7 Å². The Hall–Kier alpha value is -3.16. The van der Waals surface area contributed by atoms with E-state index < -0.39 is 34.2 Å². The number of nitrogens with zero attached hydrogens (tertiary/aromatic N) is 1. The molecule has 0 saturated carbocycles. The maximum absolute atomic E-state index is 13.7. The Kier molecular flexibility index (Phi) is 8.76. The van der Waals surface area contributed by atoms with E-state index in [-0.39, 0.29) is 30.1 Å². The molecule has 13 heteroatoms. The summed E-state index contributed by atoms with van der Waals surface area (Å²) in [5, 5.41) is 26.5. The van der Waals surface area contributed by atoms with Gasteiger partial charge in [-0.3, -0.25) is 24.7 Å². The van der Waals surface area contributed by atoms with Gasteiger partial charge in [-0.2, -0.15) is 0 Å². The van der Waals surface area contributed by atoms with Crippen molar-refractivity contribution in [1.82, 2.24) is 20.9 Å². The second-order valence-electron chi connectivity index (χ2n) is 9.80. The van der Waals surface area contributed by atoms with Crippen molar-refractivity contribution in [2.45, 2.75) is 51.9 Å². The normalized spacial score (nSPS) is 21.6. The Balaban J connectivity index is 1.53. The number of nitrogens with one attached hydrogen (secondary N) is 4. The van der Waals surface area contributed by atoms with Gasteiger partial charge < -0.3 is 21.1 Å². The van der Waals surface area contributed by atoms with Crippen molar-refractivity contribution in [3.05, 3.63) is 59.7 Å². The molecule has 5 N–H and O–H groups in total. The van der Waals surface area contributed by atoms with E-state index in [0.717, 1.165) is 9.79 Å². The summed E-state index contributed by atoms with van der Waals surface area (Å²) < 4.78 is -1.03. The summed E-state index contributed by atoms with van der Waals surface area (Å²) in [4.78, 5) is 55.0. The van der Waals surface area contributed by atoms with E-state index in [9.17, 15) is 24.3 Å². The molecular formula is C27H31N5O5S3. The van der Waals surface area contributed by atoms with Gasteiger partial charge in [0.25, 0.3) is 0 Å². The molecule has 0 bridgehead atoms. The molecule has 2 aliphatic rings. The third-order valence-electron chi connectivity index (χ3n) is 6.95. The number of rotatable bonds is 10. The van der Waals surface area contributed by atoms with Gasteiger partial charge in [-0.25, -0.2) is 4.79 Å². The van der Waals surface area contributed by atoms with Crippen LogP contribution in [-0.2, 0) is 19.2 Å². The topological polar surface area (TPSA) is 152 Å². The largest absolute Gasteiger partial charge is 0.478 e. The van der Waals surface area contributed by atoms with Crippen LogP contribution in [0.25, 0.3) is 0 Å². The van der Waals surface area contributed by atoms with E-state index in [0.29, 0.717) is 11.1 Å². The number of hydrogen-bond acceptors (Lipinski definition) is 8. The first-order valence-corrected chi connectivity index (χ1v) is 15.7. The lowest BCUT2D eigenvalue weighted by Crippen LogP contribution is -2.75. The summed E-state index contributed by atoms with van der Waals surface area (Å²) in [5.41, 5.74) is -0.917. The van der Waals surface area contributed by atoms with Gasteiger partial charge in [0.1, 0.15) is 11.9 Å². The highest BCUT2D eigenvalue weighted by molar-refractivity contribution is 8.01. The summed E-state index contributed by atoms with van der Waals surface area (Å²) in [7, 11) is 0. The molecule has 3 atom stereocenters. The molecule has 0 aliphatic carbocycles. The molecule has 4 rings (SSSR count). The molecule has 2 aliphatic heterocycles. The summed E-state index contributed by atoms with van der Waals surface area (Å²) in [5.74, 6) is -2.98. The van der Waals surface area contributed by atoms with Crippen LogP contribution in [0.5, 0.6) is 0 Å². The number of aliphatic carboxylic acids is 1. The number of hydrogen-bond donors (Lipinski definition) is 5. The number of fused-ring (bicyclic) bond motifs is 1. The van der Waals surface area contributed by atoms with Crippen LogP contribution in [0.3, 0.4) is 0 Å². The van der Waals surface area contributed by atoms with Crippen molar-refractivity contribution in [2.24, 2.45) is 0 Å². The number of amides is 3. The van der Waals surface area contributed by atoms with Crippen LogP contribution in [0, 0.1) is 5.41 Å². The molecule has 0 radical (unpaired) electrons. The van der Waals surface area contributed by atoms with Crippen molar-refractivity contribution in [2.75, 3.05) is 19.1 Å². The number of carbonyl (C=O) groups is 4. The Bertz CT molecular complexity index is 1330. The predicted molar refractivity (Wildman–Crippen MR) is 158 cm³/mol. The lowest BCUT2D eigenvalue weighted by molar-refractivity contribution is -0.173. The first kappa shape index (κ1) is 29.8. The average molecular weight is 602 g/mol. The van der Waals surface area contributed by atoms with Gasteiger partial charge in [-0.15, -0.1) is 35.3 Å². The fourth-order valence-electron chi connectivity index (χ4n) is 4.86. The summed E-state index contributed by atoms with van der Waals surface area (Å²) in [6, 6.07) is 13.0. The predicted octanol–water partition coefficient (Wildman–Crippen LogP) is 2.88. The van der Waals surface area contributed by atoms with Crippen molar-refractivity contribution in [3.63, 3.8) is 0 Å². The molecule has 3 amide bonds. The molecule has 212 valence electrons. The average Bonchev–Trinajstić information content (AvgIpc) is 3.11. The highest BCUT2D eigenvalue weighted by atomic mass is 32.2. The van der Waals surface area contributed by atoms with E-state index in [1.54, 1.807) is 67.7 Å². The molecule has 0 spiro atoms. The molecule has 2 aromatic carbocycles. The summed E-state index contributed by atoms with van der Waals surface area (Å²) in [6.45, 7) is 3.07. The number of benzene rings is 2. The second kappa shape index (κ2) is 11.8. The SMILES string of the molecule is CSc1cc(SC)cc(C(=N)NCC(=O)NC(C(=O)N[C@@]2(C(=O)O)N3C(=O)C[C@H]3SC2(C)C)c2ccccc2)c1. The standard InChI is InChI=1S/C27H31N5O5S3/c1-26(2)27(25(36)37,32-20(34)13-21(32)40-26)31-24(35)22(15-8-6-5-7-9-15)30-19(33)14-29-23(28)16-10-17(38-3)12-18(11-16)39-4/h5-12,21-22H,13-14H2,1-4H3,(H2,28,29)(H,30,33)(H,31,35)(H,36,37)/t21-,22?,27+/m1/s1. The third kappa shape index (κ3) is 5.54. The monoisotopic (exact) mass is 601 g/mol. The van der Waals surface area contributed by atoms with Gasteiger partial charge >= 0.3 is 5.97 Å². The minimum Gasteiger partial charge on any atom is -0.478 e. The maximum atomic E-state index is 13.7. The van der Waals surface area contributed by atoms with Crippen molar-refractivity contribution >= 4 is 64.8 Å². The van der Waals surface area contributed by atoms with E-state index in [4.69, 9.17) is 5.41 Å². The summed E-state index contributed by atoms with van der Waals surface area (Å²) in [6.07, 6.45) is 4.09. The van der Waals surface area contributed by atoms with Crippen molar-refractivity contribution < 1.29 is 24.3 Å². The maximum Gasteiger partial charge on any atom is 0.352 e. The molecule has 10 nitrogen and oxygen atoms in total. The van der Waals surface area contributed by atoms with Crippen LogP contribution in [0.1, 0.15) is 37.4 Å². The Morgan fingerprint density at radius 2 is 1.75 bits per heavy atom. The number of carboxylic acid groups (broad SMARTS) is 1. The number of thioether (sulfide) groups is 3. The first-order chi connectivity index (χ1) is 18.9. The minimum atomic E-state index is -1.98. The zero-order valence-electron chi connectivity index (χ0n) is 22.4. The second-order valence-corrected chi connectivity index (χ2v) is 13.4. The smallest absolute Gasteiger partial charge is 0.352 e. The molecule has 2 heterocycles. The van der Waals surface area contributed by atoms with E-state index in [2.05, 4.69) is 16.0 Å². The highest BCUT2D eigenvalue weighted by Gasteiger charge is 2.70. The lowest BCUT2D eigenvalue weighted by Gasteiger charge is -2.46. The number of amidine groups is 1. The van der Waals surface area contributed by atoms with Gasteiger partial charge in [0.15, 0.2) is 0 Å². The lowest BCUT2D eigenvalue weighted by atomic mass is 9.89. The van der Waals surface area contributed by atoms with E-state index >= 15 is 0 Å². The molecular weight excluding hydrogens is 571 g/mol. The molecule has 1 unspecified atom stereocenters. The van der Waals surface area contributed by atoms with Crippen molar-refractivity contribution in [1.29, 1.82) is 5.41 Å². The highest BCUT2D eigenvalue weighted by Crippen LogP contribution is 2.55. The quantitative estimate of drug-likeness (QED) is 0.120. The van der Waals surface area contributed by atoms with Crippen LogP contribution in [0.2, 0.25) is 0 Å². The van der Waals surface area contributed by atoms with Gasteiger partial charge in [0.2, 0.25) is 23.4 Å². The molecule has 2 fully saturated rings. The Labute approximate surface area is 245 Å². The van der Waals surface area contributed by atoms with Crippen molar-refractivity contribution in [3.8, 4) is 0 Å². The number of carboxylic acids is 1. The Morgan fingerprint density at radius 1 is 1.12 bits per heavy atom. The van der Waals surface area contributed by atoms with Crippen LogP contribution in [-0.4, -0.2) is 74.4 Å². The zero-order valence-corrected chi connectivity index (χ0v) is 24.9. The number of carbonyl (C=O) groups excluding carboxylic acids is 3. The fourth-order valence-corrected chi connectivity index (χ4v) is 7.60. The van der Waals surface area contributed by atoms with Crippen LogP contribution in [0.4, 0.5) is 0 Å². The minimum absolute atomic E-state index is 0.0546. The molecule has 2 aromatic rings. The van der Waals surface area contributed by atoms with Gasteiger partial charge in [0.05, 0.1) is 23.1 Å². The molecule has 0 aromatic heterocycles. The van der Waals surface area contributed by atoms with Crippen LogP contribution < -0.4 is 16.0 Å². The van der Waals surface area contributed by atoms with Gasteiger partial charge in [0, 0.05) is 15.4 Å². The summed E-state index contributed by atoms with van der Waals surface area (Å²) >= 11 is 4.43. The first-order valence-electron chi connectivity index (χ1n) is 12.4.